The highest BCUT2D eigenvalue weighted by molar-refractivity contribution is 8.01. The Bertz CT molecular complexity index is 601. The third-order valence-corrected chi connectivity index (χ3v) is 4.82. The van der Waals surface area contributed by atoms with Crippen LogP contribution in [0.3, 0.4) is 0 Å². The summed E-state index contributed by atoms with van der Waals surface area (Å²) in [4.78, 5) is 23.9. The SMILES string of the molecule is CCOC(=O)C1=C(CSc2nnc(N)s2)NC(=O)N[C@@H]1CC. The van der Waals surface area contributed by atoms with Crippen LogP contribution in [-0.4, -0.2) is 40.6 Å². The van der Waals surface area contributed by atoms with Gasteiger partial charge in [-0.15, -0.1) is 10.2 Å². The van der Waals surface area contributed by atoms with E-state index in [-0.39, 0.29) is 18.7 Å². The molecule has 4 N–H and O–H groups in total. The van der Waals surface area contributed by atoms with E-state index in [9.17, 15) is 9.59 Å². The zero-order valence-corrected chi connectivity index (χ0v) is 13.8. The largest absolute Gasteiger partial charge is 0.463 e. The molecule has 1 aromatic rings. The number of thioether (sulfide) groups is 1. The van der Waals surface area contributed by atoms with Gasteiger partial charge in [-0.05, 0) is 13.3 Å². The highest BCUT2D eigenvalue weighted by atomic mass is 32.2. The molecule has 0 aromatic carbocycles. The van der Waals surface area contributed by atoms with Crippen molar-refractivity contribution < 1.29 is 14.3 Å². The van der Waals surface area contributed by atoms with Gasteiger partial charge in [0.25, 0.3) is 0 Å². The Morgan fingerprint density at radius 2 is 2.23 bits per heavy atom. The maximum absolute atomic E-state index is 12.2. The zero-order valence-electron chi connectivity index (χ0n) is 12.2. The van der Waals surface area contributed by atoms with E-state index in [0.717, 1.165) is 0 Å². The fourth-order valence-electron chi connectivity index (χ4n) is 1.99. The van der Waals surface area contributed by atoms with Gasteiger partial charge in [0.1, 0.15) is 0 Å². The Kier molecular flexibility index (Phi) is 5.61. The predicted octanol–water partition coefficient (Wildman–Crippen LogP) is 1.12. The molecule has 2 heterocycles. The van der Waals surface area contributed by atoms with Crippen LogP contribution in [0.15, 0.2) is 15.6 Å². The van der Waals surface area contributed by atoms with E-state index < -0.39 is 5.97 Å². The highest BCUT2D eigenvalue weighted by Gasteiger charge is 2.31. The van der Waals surface area contributed by atoms with Crippen molar-refractivity contribution in [2.45, 2.75) is 30.6 Å². The van der Waals surface area contributed by atoms with Crippen LogP contribution in [-0.2, 0) is 9.53 Å². The molecule has 0 radical (unpaired) electrons. The van der Waals surface area contributed by atoms with E-state index in [1.165, 1.54) is 23.1 Å². The molecule has 120 valence electrons. The summed E-state index contributed by atoms with van der Waals surface area (Å²) in [6.45, 7) is 3.92. The monoisotopic (exact) mass is 343 g/mol. The number of nitrogens with one attached hydrogen (secondary N) is 2. The van der Waals surface area contributed by atoms with Crippen LogP contribution >= 0.6 is 23.1 Å². The topological polar surface area (TPSA) is 119 Å². The summed E-state index contributed by atoms with van der Waals surface area (Å²) in [6.07, 6.45) is 0.599. The van der Waals surface area contributed by atoms with Gasteiger partial charge in [-0.1, -0.05) is 30.0 Å². The fraction of sp³-hybridized carbons (Fsp3) is 0.500. The molecule has 0 bridgehead atoms. The van der Waals surface area contributed by atoms with Crippen LogP contribution in [0.2, 0.25) is 0 Å². The molecule has 1 atom stereocenters. The minimum absolute atomic E-state index is 0.278. The van der Waals surface area contributed by atoms with Gasteiger partial charge in [-0.25, -0.2) is 9.59 Å². The molecule has 0 saturated carbocycles. The van der Waals surface area contributed by atoms with Crippen molar-refractivity contribution in [2.24, 2.45) is 0 Å². The summed E-state index contributed by atoms with van der Waals surface area (Å²) in [5.74, 6) is -0.0404. The molecule has 0 fully saturated rings. The summed E-state index contributed by atoms with van der Waals surface area (Å²) in [6, 6.07) is -0.685. The average Bonchev–Trinajstić information content (AvgIpc) is 2.90. The van der Waals surface area contributed by atoms with Crippen LogP contribution in [0.4, 0.5) is 9.93 Å². The highest BCUT2D eigenvalue weighted by Crippen LogP contribution is 2.27. The number of urea groups is 1. The summed E-state index contributed by atoms with van der Waals surface area (Å²) in [5.41, 5.74) is 6.52. The van der Waals surface area contributed by atoms with Crippen LogP contribution in [0.25, 0.3) is 0 Å². The van der Waals surface area contributed by atoms with Crippen molar-refractivity contribution in [3.63, 3.8) is 0 Å². The number of carbonyl (C=O) groups excluding carboxylic acids is 2. The van der Waals surface area contributed by atoms with Gasteiger partial charge in [-0.3, -0.25) is 0 Å². The van der Waals surface area contributed by atoms with Gasteiger partial charge >= 0.3 is 12.0 Å². The minimum atomic E-state index is -0.422. The summed E-state index contributed by atoms with van der Waals surface area (Å²) >= 11 is 2.61. The van der Waals surface area contributed by atoms with Crippen molar-refractivity contribution in [1.29, 1.82) is 0 Å². The first kappa shape index (κ1) is 16.6. The minimum Gasteiger partial charge on any atom is -0.463 e. The van der Waals surface area contributed by atoms with Gasteiger partial charge in [0.05, 0.1) is 18.2 Å². The number of nitrogens with two attached hydrogens (primary N) is 1. The second-order valence-corrected chi connectivity index (χ2v) is 6.60. The van der Waals surface area contributed by atoms with Crippen LogP contribution in [0.5, 0.6) is 0 Å². The Morgan fingerprint density at radius 1 is 1.45 bits per heavy atom. The van der Waals surface area contributed by atoms with Crippen molar-refractivity contribution in [3.8, 4) is 0 Å². The number of rotatable bonds is 6. The first-order chi connectivity index (χ1) is 10.5. The molecule has 8 nitrogen and oxygen atoms in total. The molecule has 0 spiro atoms. The van der Waals surface area contributed by atoms with E-state index >= 15 is 0 Å². The lowest BCUT2D eigenvalue weighted by atomic mass is 10.0. The van der Waals surface area contributed by atoms with E-state index in [4.69, 9.17) is 10.5 Å². The van der Waals surface area contributed by atoms with E-state index in [0.29, 0.717) is 32.9 Å². The molecular weight excluding hydrogens is 326 g/mol. The third kappa shape index (κ3) is 3.89. The van der Waals surface area contributed by atoms with Gasteiger partial charge < -0.3 is 21.1 Å². The van der Waals surface area contributed by atoms with Crippen molar-refractivity contribution in [2.75, 3.05) is 18.1 Å². The zero-order chi connectivity index (χ0) is 16.1. The molecule has 22 heavy (non-hydrogen) atoms. The molecule has 2 rings (SSSR count). The lowest BCUT2D eigenvalue weighted by molar-refractivity contribution is -0.139. The molecule has 2 amide bonds. The van der Waals surface area contributed by atoms with Crippen LogP contribution < -0.4 is 16.4 Å². The molecule has 1 aliphatic heterocycles. The summed E-state index contributed by atoms with van der Waals surface area (Å²) in [5, 5.41) is 13.4. The maximum Gasteiger partial charge on any atom is 0.337 e. The van der Waals surface area contributed by atoms with Crippen LogP contribution in [0.1, 0.15) is 20.3 Å². The molecule has 10 heteroatoms. The van der Waals surface area contributed by atoms with Crippen molar-refractivity contribution in [1.82, 2.24) is 20.8 Å². The smallest absolute Gasteiger partial charge is 0.337 e. The third-order valence-electron chi connectivity index (χ3n) is 2.91. The van der Waals surface area contributed by atoms with Crippen LogP contribution in [0, 0.1) is 0 Å². The average molecular weight is 343 g/mol. The number of amides is 2. The quantitative estimate of drug-likeness (QED) is 0.523. The maximum atomic E-state index is 12.2. The van der Waals surface area contributed by atoms with E-state index in [2.05, 4.69) is 20.8 Å². The van der Waals surface area contributed by atoms with Crippen molar-refractivity contribution >= 4 is 40.2 Å². The molecule has 0 aliphatic carbocycles. The van der Waals surface area contributed by atoms with Crippen molar-refractivity contribution in [3.05, 3.63) is 11.3 Å². The number of anilines is 1. The number of esters is 1. The molecule has 1 aliphatic rings. The Morgan fingerprint density at radius 3 is 2.82 bits per heavy atom. The first-order valence-corrected chi connectivity index (χ1v) is 8.54. The lowest BCUT2D eigenvalue weighted by Crippen LogP contribution is -2.50. The predicted molar refractivity (Wildman–Crippen MR) is 84.5 cm³/mol. The standard InChI is InChI=1S/C12H17N5O3S2/c1-3-6-8(9(18)20-4-2)7(15-11(19)14-6)5-21-12-17-16-10(13)22-12/h6H,3-5H2,1-2H3,(H2,13,16)(H2,14,15,19)/t6-/m1/s1. The second-order valence-electron chi connectivity index (χ2n) is 4.37. The van der Waals surface area contributed by atoms with Gasteiger partial charge in [0, 0.05) is 11.4 Å². The van der Waals surface area contributed by atoms with Gasteiger partial charge in [-0.2, -0.15) is 0 Å². The number of aromatic nitrogens is 2. The number of nitrogen functional groups attached to an aromatic ring is 1. The number of hydrogen-bond donors (Lipinski definition) is 3. The number of nitrogens with zero attached hydrogens (tertiary/aromatic N) is 2. The summed E-state index contributed by atoms with van der Waals surface area (Å²) < 4.78 is 5.77. The second kappa shape index (κ2) is 7.45. The summed E-state index contributed by atoms with van der Waals surface area (Å²) in [7, 11) is 0. The van der Waals surface area contributed by atoms with Gasteiger partial charge in [0.15, 0.2) is 4.34 Å². The number of hydrogen-bond acceptors (Lipinski definition) is 8. The fourth-order valence-corrected chi connectivity index (χ4v) is 3.59. The molecule has 0 unspecified atom stereocenters. The van der Waals surface area contributed by atoms with E-state index in [1.807, 2.05) is 6.92 Å². The molecular formula is C12H17N5O3S2. The number of carbonyl (C=O) groups is 2. The molecule has 0 saturated heterocycles. The molecule has 1 aromatic heterocycles. The normalized spacial score (nSPS) is 17.9. The first-order valence-electron chi connectivity index (χ1n) is 6.74. The Hall–Kier alpha value is -1.81. The number of ether oxygens (including phenoxy) is 1. The van der Waals surface area contributed by atoms with Gasteiger partial charge in [0.2, 0.25) is 5.13 Å². The van der Waals surface area contributed by atoms with E-state index in [1.54, 1.807) is 6.92 Å². The Labute approximate surface area is 135 Å². The Balaban J connectivity index is 2.22. The lowest BCUT2D eigenvalue weighted by Gasteiger charge is -2.28.